The minimum atomic E-state index is -0.830. The summed E-state index contributed by atoms with van der Waals surface area (Å²) >= 11 is 0. The van der Waals surface area contributed by atoms with Crippen LogP contribution in [0.2, 0.25) is 0 Å². The van der Waals surface area contributed by atoms with Crippen molar-refractivity contribution in [2.24, 2.45) is 16.3 Å². The molecule has 1 heterocycles. The van der Waals surface area contributed by atoms with Crippen LogP contribution in [0.5, 0.6) is 0 Å². The average Bonchev–Trinajstić information content (AvgIpc) is 3.04. The molecule has 17 heavy (non-hydrogen) atoms. The van der Waals surface area contributed by atoms with E-state index in [-0.39, 0.29) is 18.3 Å². The number of carbonyl (C=O) groups excluding carboxylic acids is 1. The normalized spacial score (nSPS) is 17.8. The molecule has 1 fully saturated rings. The highest BCUT2D eigenvalue weighted by Crippen LogP contribution is 2.46. The summed E-state index contributed by atoms with van der Waals surface area (Å²) in [5, 5.41) is 17.9. The van der Waals surface area contributed by atoms with E-state index in [1.807, 2.05) is 0 Å². The van der Waals surface area contributed by atoms with E-state index in [9.17, 15) is 4.79 Å². The lowest BCUT2D eigenvalue weighted by Gasteiger charge is -2.12. The van der Waals surface area contributed by atoms with E-state index in [4.69, 9.17) is 15.5 Å². The average molecular weight is 238 g/mol. The summed E-state index contributed by atoms with van der Waals surface area (Å²) in [6.45, 7) is 2.05. The Hall–Kier alpha value is -2.05. The maximum Gasteiger partial charge on any atom is 0.234 e. The number of amidine groups is 1. The predicted molar refractivity (Wildman–Crippen MR) is 58.2 cm³/mol. The molecule has 0 bridgehead atoms. The summed E-state index contributed by atoms with van der Waals surface area (Å²) in [5.41, 5.74) is 5.42. The third-order valence-corrected chi connectivity index (χ3v) is 2.88. The molecule has 1 aliphatic rings. The summed E-state index contributed by atoms with van der Waals surface area (Å²) < 4.78 is 4.96. The van der Waals surface area contributed by atoms with Crippen LogP contribution in [0.3, 0.4) is 0 Å². The molecule has 4 N–H and O–H groups in total. The molecular weight excluding hydrogens is 224 g/mol. The summed E-state index contributed by atoms with van der Waals surface area (Å²) in [5.74, 6) is 0.289. The molecule has 0 atom stereocenters. The van der Waals surface area contributed by atoms with E-state index >= 15 is 0 Å². The van der Waals surface area contributed by atoms with Crippen molar-refractivity contribution >= 4 is 11.7 Å². The molecule has 1 saturated carbocycles. The Morgan fingerprint density at radius 1 is 1.76 bits per heavy atom. The van der Waals surface area contributed by atoms with Gasteiger partial charge in [0.2, 0.25) is 5.91 Å². The molecule has 1 aromatic heterocycles. The largest absolute Gasteiger partial charge is 0.409 e. The van der Waals surface area contributed by atoms with Gasteiger partial charge in [0, 0.05) is 6.07 Å². The Kier molecular flexibility index (Phi) is 2.74. The van der Waals surface area contributed by atoms with Crippen LogP contribution in [-0.2, 0) is 11.3 Å². The highest BCUT2D eigenvalue weighted by atomic mass is 16.5. The first kappa shape index (κ1) is 11.4. The van der Waals surface area contributed by atoms with Crippen molar-refractivity contribution in [1.82, 2.24) is 10.5 Å². The molecule has 1 aromatic rings. The Morgan fingerprint density at radius 3 is 2.94 bits per heavy atom. The van der Waals surface area contributed by atoms with Gasteiger partial charge in [-0.25, -0.2) is 0 Å². The molecule has 7 heteroatoms. The van der Waals surface area contributed by atoms with Gasteiger partial charge in [-0.1, -0.05) is 10.3 Å². The topological polar surface area (TPSA) is 114 Å². The number of nitrogens with two attached hydrogens (primary N) is 1. The van der Waals surface area contributed by atoms with Crippen LogP contribution in [-0.4, -0.2) is 22.1 Å². The number of aryl methyl sites for hydroxylation is 1. The summed E-state index contributed by atoms with van der Waals surface area (Å²) in [4.78, 5) is 11.9. The first-order chi connectivity index (χ1) is 8.08. The number of carbonyl (C=O) groups is 1. The Labute approximate surface area is 97.6 Å². The second-order valence-corrected chi connectivity index (χ2v) is 4.18. The predicted octanol–water partition coefficient (Wildman–Crippen LogP) is 0.126. The zero-order chi connectivity index (χ0) is 12.5. The minimum absolute atomic E-state index is 0.0382. The second-order valence-electron chi connectivity index (χ2n) is 4.18. The molecule has 1 amide bonds. The van der Waals surface area contributed by atoms with Crippen molar-refractivity contribution in [1.29, 1.82) is 0 Å². The van der Waals surface area contributed by atoms with Crippen LogP contribution in [0.4, 0.5) is 0 Å². The van der Waals surface area contributed by atoms with E-state index in [1.165, 1.54) is 0 Å². The van der Waals surface area contributed by atoms with Crippen LogP contribution in [0.25, 0.3) is 0 Å². The van der Waals surface area contributed by atoms with Gasteiger partial charge in [-0.05, 0) is 19.8 Å². The van der Waals surface area contributed by atoms with Gasteiger partial charge in [-0.3, -0.25) is 4.79 Å². The van der Waals surface area contributed by atoms with E-state index in [0.717, 1.165) is 5.69 Å². The molecule has 0 spiro atoms. The number of nitrogens with one attached hydrogen (secondary N) is 1. The van der Waals surface area contributed by atoms with Crippen molar-refractivity contribution in [2.45, 2.75) is 26.3 Å². The molecule has 92 valence electrons. The number of rotatable bonds is 4. The van der Waals surface area contributed by atoms with Crippen molar-refractivity contribution in [3.63, 3.8) is 0 Å². The maximum atomic E-state index is 11.9. The SMILES string of the molecule is Cc1cc(CNC(=O)C2(/C(N)=N/O)CC2)on1. The smallest absolute Gasteiger partial charge is 0.234 e. The van der Waals surface area contributed by atoms with Gasteiger partial charge in [-0.15, -0.1) is 0 Å². The molecule has 0 aromatic carbocycles. The van der Waals surface area contributed by atoms with Gasteiger partial charge < -0.3 is 20.8 Å². The van der Waals surface area contributed by atoms with Gasteiger partial charge in [0.15, 0.2) is 11.6 Å². The van der Waals surface area contributed by atoms with E-state index in [1.54, 1.807) is 13.0 Å². The zero-order valence-corrected chi connectivity index (χ0v) is 9.43. The highest BCUT2D eigenvalue weighted by molar-refractivity contribution is 6.09. The third kappa shape index (κ3) is 2.08. The first-order valence-electron chi connectivity index (χ1n) is 5.27. The fourth-order valence-corrected chi connectivity index (χ4v) is 1.66. The van der Waals surface area contributed by atoms with Gasteiger partial charge in [0.05, 0.1) is 12.2 Å². The van der Waals surface area contributed by atoms with Gasteiger partial charge in [0.25, 0.3) is 0 Å². The Bertz CT molecular complexity index is 462. The lowest BCUT2D eigenvalue weighted by molar-refractivity contribution is -0.124. The Balaban J connectivity index is 1.94. The summed E-state index contributed by atoms with van der Waals surface area (Å²) in [6, 6.07) is 1.74. The minimum Gasteiger partial charge on any atom is -0.409 e. The Morgan fingerprint density at radius 2 is 2.47 bits per heavy atom. The molecule has 1 aliphatic carbocycles. The number of oxime groups is 1. The molecule has 0 saturated heterocycles. The number of amides is 1. The van der Waals surface area contributed by atoms with E-state index in [0.29, 0.717) is 18.6 Å². The number of aromatic nitrogens is 1. The lowest BCUT2D eigenvalue weighted by atomic mass is 10.1. The molecular formula is C10H14N4O3. The first-order valence-corrected chi connectivity index (χ1v) is 5.27. The lowest BCUT2D eigenvalue weighted by Crippen LogP contribution is -2.40. The molecule has 2 rings (SSSR count). The fraction of sp³-hybridized carbons (Fsp3) is 0.500. The van der Waals surface area contributed by atoms with Crippen LogP contribution in [0.15, 0.2) is 15.7 Å². The van der Waals surface area contributed by atoms with Crippen LogP contribution in [0, 0.1) is 12.3 Å². The van der Waals surface area contributed by atoms with Crippen molar-refractivity contribution < 1.29 is 14.5 Å². The summed E-state index contributed by atoms with van der Waals surface area (Å²) in [7, 11) is 0. The molecule has 0 aliphatic heterocycles. The quantitative estimate of drug-likeness (QED) is 0.298. The number of hydrogen-bond acceptors (Lipinski definition) is 5. The van der Waals surface area contributed by atoms with Crippen molar-refractivity contribution in [3.05, 3.63) is 17.5 Å². The third-order valence-electron chi connectivity index (χ3n) is 2.88. The van der Waals surface area contributed by atoms with E-state index in [2.05, 4.69) is 15.6 Å². The molecule has 0 radical (unpaired) electrons. The van der Waals surface area contributed by atoms with Gasteiger partial charge in [-0.2, -0.15) is 0 Å². The van der Waals surface area contributed by atoms with Crippen molar-refractivity contribution in [3.8, 4) is 0 Å². The maximum absolute atomic E-state index is 11.9. The molecule has 7 nitrogen and oxygen atoms in total. The molecule has 0 unspecified atom stereocenters. The van der Waals surface area contributed by atoms with Gasteiger partial charge in [0.1, 0.15) is 5.41 Å². The second kappa shape index (κ2) is 4.08. The number of hydrogen-bond donors (Lipinski definition) is 3. The van der Waals surface area contributed by atoms with Gasteiger partial charge >= 0.3 is 0 Å². The zero-order valence-electron chi connectivity index (χ0n) is 9.43. The van der Waals surface area contributed by atoms with Crippen LogP contribution < -0.4 is 11.1 Å². The monoisotopic (exact) mass is 238 g/mol. The standard InChI is InChI=1S/C10H14N4O3/c1-6-4-7(17-14-6)5-12-9(15)10(2-3-10)8(11)13-16/h4,16H,2-3,5H2,1H3,(H2,11,13)(H,12,15). The summed E-state index contributed by atoms with van der Waals surface area (Å²) in [6.07, 6.45) is 1.20. The van der Waals surface area contributed by atoms with Crippen LogP contribution in [0.1, 0.15) is 24.3 Å². The van der Waals surface area contributed by atoms with E-state index < -0.39 is 5.41 Å². The van der Waals surface area contributed by atoms with Crippen molar-refractivity contribution in [2.75, 3.05) is 0 Å². The fourth-order valence-electron chi connectivity index (χ4n) is 1.66. The van der Waals surface area contributed by atoms with Crippen LogP contribution >= 0.6 is 0 Å². The highest BCUT2D eigenvalue weighted by Gasteiger charge is 2.54. The number of nitrogens with zero attached hydrogens (tertiary/aromatic N) is 2.